The van der Waals surface area contributed by atoms with E-state index >= 15 is 0 Å². The lowest BCUT2D eigenvalue weighted by Gasteiger charge is -2.43. The summed E-state index contributed by atoms with van der Waals surface area (Å²) in [5, 5.41) is 10.4. The van der Waals surface area contributed by atoms with Crippen LogP contribution in [-0.2, 0) is 16.1 Å². The molecule has 4 heteroatoms. The molecule has 3 nitrogen and oxygen atoms in total. The second-order valence-corrected chi connectivity index (χ2v) is 6.27. The van der Waals surface area contributed by atoms with Gasteiger partial charge in [0.05, 0.1) is 24.9 Å². The molecule has 1 aliphatic rings. The molecule has 0 aliphatic carbocycles. The zero-order valence-electron chi connectivity index (χ0n) is 12.0. The van der Waals surface area contributed by atoms with Crippen molar-refractivity contribution < 1.29 is 14.6 Å². The minimum atomic E-state index is -0.548. The molecule has 0 radical (unpaired) electrons. The number of aliphatic hydroxyl groups is 1. The van der Waals surface area contributed by atoms with E-state index in [-0.39, 0.29) is 24.2 Å². The van der Waals surface area contributed by atoms with Crippen molar-refractivity contribution >= 4 is 22.6 Å². The van der Waals surface area contributed by atoms with Gasteiger partial charge in [-0.05, 0) is 12.0 Å². The molecule has 5 atom stereocenters. The van der Waals surface area contributed by atoms with Crippen molar-refractivity contribution in [2.75, 3.05) is 4.43 Å². The molecule has 0 bridgehead atoms. The van der Waals surface area contributed by atoms with Gasteiger partial charge in [0.25, 0.3) is 0 Å². The van der Waals surface area contributed by atoms with Gasteiger partial charge >= 0.3 is 0 Å². The van der Waals surface area contributed by atoms with Gasteiger partial charge in [0.2, 0.25) is 0 Å². The molecule has 0 spiro atoms. The molecule has 0 saturated carbocycles. The van der Waals surface area contributed by atoms with Crippen molar-refractivity contribution in [3.8, 4) is 0 Å². The van der Waals surface area contributed by atoms with E-state index in [0.29, 0.717) is 6.61 Å². The van der Waals surface area contributed by atoms with Gasteiger partial charge in [-0.3, -0.25) is 0 Å². The van der Waals surface area contributed by atoms with Crippen LogP contribution in [0.5, 0.6) is 0 Å². The van der Waals surface area contributed by atoms with Crippen LogP contribution < -0.4 is 0 Å². The first-order valence-electron chi connectivity index (χ1n) is 7.22. The summed E-state index contributed by atoms with van der Waals surface area (Å²) in [6.07, 6.45) is 0.283. The van der Waals surface area contributed by atoms with Gasteiger partial charge in [0.1, 0.15) is 6.10 Å². The third-order valence-electron chi connectivity index (χ3n) is 4.01. The van der Waals surface area contributed by atoms with E-state index in [1.54, 1.807) is 0 Å². The zero-order chi connectivity index (χ0) is 14.5. The lowest BCUT2D eigenvalue weighted by atomic mass is 9.87. The molecule has 0 unspecified atom stereocenters. The Labute approximate surface area is 134 Å². The highest BCUT2D eigenvalue weighted by atomic mass is 127. The molecule has 1 fully saturated rings. The Balaban J connectivity index is 2.02. The lowest BCUT2D eigenvalue weighted by molar-refractivity contribution is -0.206. The van der Waals surface area contributed by atoms with Gasteiger partial charge in [-0.2, -0.15) is 0 Å². The van der Waals surface area contributed by atoms with Gasteiger partial charge in [0, 0.05) is 10.3 Å². The number of rotatable bonds is 5. The van der Waals surface area contributed by atoms with Crippen molar-refractivity contribution in [3.05, 3.63) is 35.9 Å². The van der Waals surface area contributed by atoms with E-state index in [1.807, 2.05) is 30.3 Å². The topological polar surface area (TPSA) is 38.7 Å². The van der Waals surface area contributed by atoms with Gasteiger partial charge in [-0.25, -0.2) is 0 Å². The zero-order valence-corrected chi connectivity index (χ0v) is 14.2. The molecule has 0 aromatic heterocycles. The van der Waals surface area contributed by atoms with Crippen molar-refractivity contribution in [3.63, 3.8) is 0 Å². The Morgan fingerprint density at radius 1 is 1.25 bits per heavy atom. The summed E-state index contributed by atoms with van der Waals surface area (Å²) in [5.41, 5.74) is 1.14. The Morgan fingerprint density at radius 3 is 2.55 bits per heavy atom. The molecule has 1 heterocycles. The van der Waals surface area contributed by atoms with Crippen LogP contribution in [0.4, 0.5) is 0 Å². The summed E-state index contributed by atoms with van der Waals surface area (Å²) in [5.74, 6) is 0.206. The van der Waals surface area contributed by atoms with Crippen molar-refractivity contribution in [1.82, 2.24) is 0 Å². The second-order valence-electron chi connectivity index (χ2n) is 5.39. The molecule has 1 saturated heterocycles. The molecule has 1 aromatic rings. The number of halogens is 1. The summed E-state index contributed by atoms with van der Waals surface area (Å²) in [7, 11) is 0. The minimum Gasteiger partial charge on any atom is -0.388 e. The predicted octanol–water partition coefficient (Wildman–Crippen LogP) is 3.18. The second kappa shape index (κ2) is 7.73. The Hall–Kier alpha value is -0.170. The lowest BCUT2D eigenvalue weighted by Crippen LogP contribution is -2.54. The van der Waals surface area contributed by atoms with Gasteiger partial charge in [0.15, 0.2) is 0 Å². The van der Waals surface area contributed by atoms with E-state index in [0.717, 1.165) is 16.4 Å². The molecular formula is C16H23IO3. The van der Waals surface area contributed by atoms with Gasteiger partial charge in [-0.1, -0.05) is 66.8 Å². The minimum absolute atomic E-state index is 0.127. The molecule has 2 rings (SSSR count). The first-order valence-corrected chi connectivity index (χ1v) is 8.75. The molecule has 0 amide bonds. The number of benzene rings is 1. The van der Waals surface area contributed by atoms with Crippen molar-refractivity contribution in [2.24, 2.45) is 5.92 Å². The fourth-order valence-electron chi connectivity index (χ4n) is 2.78. The maximum atomic E-state index is 10.4. The van der Waals surface area contributed by atoms with Crippen LogP contribution in [0.3, 0.4) is 0 Å². The summed E-state index contributed by atoms with van der Waals surface area (Å²) >= 11 is 2.26. The van der Waals surface area contributed by atoms with Gasteiger partial charge < -0.3 is 14.6 Å². The molecular weight excluding hydrogens is 367 g/mol. The quantitative estimate of drug-likeness (QED) is 0.620. The van der Waals surface area contributed by atoms with E-state index in [2.05, 4.69) is 36.4 Å². The van der Waals surface area contributed by atoms with Crippen molar-refractivity contribution in [1.29, 1.82) is 0 Å². The predicted molar refractivity (Wildman–Crippen MR) is 88.0 cm³/mol. The maximum absolute atomic E-state index is 10.4. The fourth-order valence-corrected chi connectivity index (χ4v) is 3.50. The van der Waals surface area contributed by atoms with Crippen LogP contribution in [0.25, 0.3) is 0 Å². The molecule has 112 valence electrons. The molecule has 1 aliphatic heterocycles. The standard InChI is InChI=1S/C16H23IO3/c1-3-13-11(2)16(15(18)14(9-17)20-13)19-10-12-7-5-4-6-8-12/h4-8,11,13-16,18H,3,9-10H2,1-2H3/t11-,13-,14-,15+,16+/m1/s1. The van der Waals surface area contributed by atoms with Crippen LogP contribution >= 0.6 is 22.6 Å². The van der Waals surface area contributed by atoms with E-state index < -0.39 is 6.10 Å². The van der Waals surface area contributed by atoms with Crippen LogP contribution in [-0.4, -0.2) is 33.9 Å². The van der Waals surface area contributed by atoms with Crippen molar-refractivity contribution in [2.45, 2.75) is 51.3 Å². The van der Waals surface area contributed by atoms with E-state index in [9.17, 15) is 5.11 Å². The number of ether oxygens (including phenoxy) is 2. The average molecular weight is 390 g/mol. The normalized spacial score (nSPS) is 34.1. The van der Waals surface area contributed by atoms with E-state index in [1.165, 1.54) is 0 Å². The van der Waals surface area contributed by atoms with Gasteiger partial charge in [-0.15, -0.1) is 0 Å². The summed E-state index contributed by atoms with van der Waals surface area (Å²) in [6.45, 7) is 4.77. The maximum Gasteiger partial charge on any atom is 0.107 e. The summed E-state index contributed by atoms with van der Waals surface area (Å²) < 4.78 is 12.8. The first kappa shape index (κ1) is 16.2. The number of aliphatic hydroxyl groups excluding tert-OH is 1. The SMILES string of the molecule is CC[C@H]1O[C@H](CI)[C@H](O)[C@@H](OCc2ccccc2)[C@@H]1C. The third-order valence-corrected chi connectivity index (χ3v) is 4.88. The molecule has 1 N–H and O–H groups in total. The number of hydrogen-bond donors (Lipinski definition) is 1. The Kier molecular flexibility index (Phi) is 6.26. The summed E-state index contributed by atoms with van der Waals surface area (Å²) in [4.78, 5) is 0. The van der Waals surface area contributed by atoms with Crippen LogP contribution in [0.1, 0.15) is 25.8 Å². The largest absolute Gasteiger partial charge is 0.388 e. The highest BCUT2D eigenvalue weighted by molar-refractivity contribution is 14.1. The first-order chi connectivity index (χ1) is 9.67. The Bertz CT molecular complexity index is 382. The highest BCUT2D eigenvalue weighted by Crippen LogP contribution is 2.31. The van der Waals surface area contributed by atoms with Crippen LogP contribution in [0.2, 0.25) is 0 Å². The Morgan fingerprint density at radius 2 is 1.95 bits per heavy atom. The van der Waals surface area contributed by atoms with Crippen LogP contribution in [0.15, 0.2) is 30.3 Å². The fraction of sp³-hybridized carbons (Fsp3) is 0.625. The average Bonchev–Trinajstić information content (AvgIpc) is 2.48. The van der Waals surface area contributed by atoms with Crippen LogP contribution in [0, 0.1) is 5.92 Å². The third kappa shape index (κ3) is 3.72. The number of hydrogen-bond acceptors (Lipinski definition) is 3. The summed E-state index contributed by atoms with van der Waals surface area (Å²) in [6, 6.07) is 10.1. The number of alkyl halides is 1. The molecule has 20 heavy (non-hydrogen) atoms. The van der Waals surface area contributed by atoms with E-state index in [4.69, 9.17) is 9.47 Å². The smallest absolute Gasteiger partial charge is 0.107 e. The molecule has 1 aromatic carbocycles. The monoisotopic (exact) mass is 390 g/mol. The highest BCUT2D eigenvalue weighted by Gasteiger charge is 2.42.